The number of carbonyl (C=O) groups is 2. The number of nitrogens with zero attached hydrogens (tertiary/aromatic N) is 6. The molecule has 0 aliphatic heterocycles. The monoisotopic (exact) mass is 754 g/mol. The van der Waals surface area contributed by atoms with Gasteiger partial charge in [0.25, 0.3) is 11.8 Å². The van der Waals surface area contributed by atoms with Gasteiger partial charge in [-0.1, -0.05) is 17.7 Å². The Morgan fingerprint density at radius 2 is 1.65 bits per heavy atom. The van der Waals surface area contributed by atoms with E-state index >= 15 is 0 Å². The number of imide groups is 1. The third-order valence-corrected chi connectivity index (χ3v) is 8.73. The van der Waals surface area contributed by atoms with Crippen LogP contribution in [0.25, 0.3) is 16.9 Å². The molecule has 3 aromatic rings. The van der Waals surface area contributed by atoms with Crippen LogP contribution in [0.1, 0.15) is 35.7 Å². The summed E-state index contributed by atoms with van der Waals surface area (Å²) in [7, 11) is -7.02. The van der Waals surface area contributed by atoms with Crippen molar-refractivity contribution in [3.05, 3.63) is 46.7 Å². The van der Waals surface area contributed by atoms with Gasteiger partial charge in [-0.05, 0) is 37.5 Å². The summed E-state index contributed by atoms with van der Waals surface area (Å²) < 4.78 is 168. The Morgan fingerprint density at radius 3 is 2.14 bits per heavy atom. The molecule has 0 atom stereocenters. The minimum atomic E-state index is -7.66. The van der Waals surface area contributed by atoms with Gasteiger partial charge in [0.2, 0.25) is 0 Å². The normalized spacial score (nSPS) is 15.0. The number of nitriles is 1. The standard InChI is InChI=1S/C25H17ClF10N6O6S/c1-3-47-20(44)42(21(11-37)6-7-21)19(43)14-8-12(4-5-15(14)26)13-9-38-41(10-13)18-16(22(27,28)29)17(39-40(18)2)48-49(45,46)23(30,24(31,32)33)25(34,35)36/h4-5,8-10H,3,6-7H2,1-2H3. The predicted molar refractivity (Wildman–Crippen MR) is 142 cm³/mol. The van der Waals surface area contributed by atoms with E-state index in [9.17, 15) is 67.2 Å². The number of amides is 2. The maximum atomic E-state index is 14.3. The van der Waals surface area contributed by atoms with Gasteiger partial charge in [0.1, 0.15) is 5.54 Å². The second-order valence-electron chi connectivity index (χ2n) is 10.1. The zero-order chi connectivity index (χ0) is 37.1. The first kappa shape index (κ1) is 37.2. The van der Waals surface area contributed by atoms with Crippen molar-refractivity contribution >= 4 is 33.7 Å². The van der Waals surface area contributed by atoms with Crippen LogP contribution in [0.4, 0.5) is 48.7 Å². The van der Waals surface area contributed by atoms with E-state index in [1.165, 1.54) is 13.0 Å². The van der Waals surface area contributed by atoms with Crippen LogP contribution in [0.15, 0.2) is 30.6 Å². The van der Waals surface area contributed by atoms with Crippen molar-refractivity contribution in [1.82, 2.24) is 24.5 Å². The van der Waals surface area contributed by atoms with Crippen LogP contribution in [0.5, 0.6) is 5.88 Å². The molecule has 0 N–H and O–H groups in total. The molecule has 2 aromatic heterocycles. The molecule has 24 heteroatoms. The smallest absolute Gasteiger partial charge is 0.449 e. The van der Waals surface area contributed by atoms with E-state index in [4.69, 9.17) is 16.3 Å². The van der Waals surface area contributed by atoms with Crippen LogP contribution in [0.3, 0.4) is 0 Å². The molecule has 49 heavy (non-hydrogen) atoms. The third-order valence-electron chi connectivity index (χ3n) is 6.87. The molecule has 0 radical (unpaired) electrons. The van der Waals surface area contributed by atoms with Crippen molar-refractivity contribution in [3.8, 4) is 28.9 Å². The van der Waals surface area contributed by atoms with E-state index in [1.54, 1.807) is 0 Å². The maximum Gasteiger partial charge on any atom is 0.450 e. The van der Waals surface area contributed by atoms with Crippen LogP contribution < -0.4 is 4.18 Å². The third kappa shape index (κ3) is 6.33. The quantitative estimate of drug-likeness (QED) is 0.197. The number of hydrogen-bond donors (Lipinski definition) is 0. The van der Waals surface area contributed by atoms with E-state index < -0.39 is 68.4 Å². The van der Waals surface area contributed by atoms with Gasteiger partial charge in [-0.3, -0.25) is 4.79 Å². The van der Waals surface area contributed by atoms with Crippen molar-refractivity contribution in [2.75, 3.05) is 6.61 Å². The van der Waals surface area contributed by atoms with Crippen molar-refractivity contribution in [3.63, 3.8) is 0 Å². The molecular formula is C25H17ClF10N6O6S. The molecule has 1 aliphatic carbocycles. The lowest BCUT2D eigenvalue weighted by atomic mass is 10.0. The highest BCUT2D eigenvalue weighted by Crippen LogP contribution is 2.51. The minimum Gasteiger partial charge on any atom is -0.449 e. The van der Waals surface area contributed by atoms with Crippen molar-refractivity contribution in [2.45, 2.75) is 48.8 Å². The molecule has 2 amide bonds. The van der Waals surface area contributed by atoms with Crippen molar-refractivity contribution in [2.24, 2.45) is 7.05 Å². The molecule has 0 spiro atoms. The zero-order valence-corrected chi connectivity index (χ0v) is 25.8. The van der Waals surface area contributed by atoms with Gasteiger partial charge in [-0.15, -0.1) is 5.10 Å². The number of hydrogen-bond acceptors (Lipinski definition) is 9. The van der Waals surface area contributed by atoms with E-state index in [1.807, 2.05) is 6.07 Å². The Kier molecular flexibility index (Phi) is 9.18. The van der Waals surface area contributed by atoms with Crippen LogP contribution in [0.2, 0.25) is 5.02 Å². The lowest BCUT2D eigenvalue weighted by molar-refractivity contribution is -0.307. The number of alkyl halides is 10. The summed E-state index contributed by atoms with van der Waals surface area (Å²) in [6.07, 6.45) is -19.6. The van der Waals surface area contributed by atoms with Gasteiger partial charge in [0, 0.05) is 18.8 Å². The maximum absolute atomic E-state index is 14.3. The summed E-state index contributed by atoms with van der Waals surface area (Å²) in [5.41, 5.74) is -4.42. The molecule has 4 rings (SSSR count). The van der Waals surface area contributed by atoms with E-state index in [0.29, 0.717) is 16.6 Å². The van der Waals surface area contributed by atoms with E-state index in [-0.39, 0.29) is 45.8 Å². The molecule has 0 saturated heterocycles. The highest BCUT2D eigenvalue weighted by atomic mass is 35.5. The summed E-state index contributed by atoms with van der Waals surface area (Å²) in [5, 5.41) is 8.77. The predicted octanol–water partition coefficient (Wildman–Crippen LogP) is 6.10. The fraction of sp³-hybridized carbons (Fsp3) is 0.400. The molecule has 1 fully saturated rings. The number of aryl methyl sites for hydroxylation is 1. The van der Waals surface area contributed by atoms with Gasteiger partial charge in [-0.2, -0.15) is 58.3 Å². The summed E-state index contributed by atoms with van der Waals surface area (Å²) in [5.74, 6) is -4.80. The highest BCUT2D eigenvalue weighted by Gasteiger charge is 2.82. The second-order valence-corrected chi connectivity index (χ2v) is 12.1. The van der Waals surface area contributed by atoms with Crippen LogP contribution in [0, 0.1) is 11.3 Å². The van der Waals surface area contributed by atoms with Crippen LogP contribution in [-0.2, 0) is 28.1 Å². The fourth-order valence-electron chi connectivity index (χ4n) is 4.39. The van der Waals surface area contributed by atoms with Crippen LogP contribution >= 0.6 is 11.6 Å². The number of ether oxygens (including phenoxy) is 1. The molecule has 0 unspecified atom stereocenters. The lowest BCUT2D eigenvalue weighted by Gasteiger charge is -2.28. The van der Waals surface area contributed by atoms with Gasteiger partial charge in [0.05, 0.1) is 29.5 Å². The number of rotatable bonds is 8. The molecule has 266 valence electrons. The van der Waals surface area contributed by atoms with Crippen molar-refractivity contribution in [1.29, 1.82) is 5.26 Å². The average molecular weight is 755 g/mol. The molecular weight excluding hydrogens is 738 g/mol. The Bertz CT molecular complexity index is 1950. The summed E-state index contributed by atoms with van der Waals surface area (Å²) in [4.78, 5) is 26.6. The Morgan fingerprint density at radius 1 is 1.06 bits per heavy atom. The zero-order valence-electron chi connectivity index (χ0n) is 24.2. The van der Waals surface area contributed by atoms with Crippen LogP contribution in [-0.4, -0.2) is 74.4 Å². The highest BCUT2D eigenvalue weighted by molar-refractivity contribution is 7.88. The van der Waals surface area contributed by atoms with Gasteiger partial charge in [-0.25, -0.2) is 23.4 Å². The molecule has 2 heterocycles. The number of aromatic nitrogens is 4. The molecule has 12 nitrogen and oxygen atoms in total. The molecule has 1 aliphatic rings. The molecule has 0 bridgehead atoms. The Balaban J connectivity index is 1.79. The summed E-state index contributed by atoms with van der Waals surface area (Å²) >= 11 is 6.18. The van der Waals surface area contributed by atoms with E-state index in [0.717, 1.165) is 24.5 Å². The first-order valence-corrected chi connectivity index (χ1v) is 14.8. The fourth-order valence-corrected chi connectivity index (χ4v) is 5.59. The Labute approximate surface area is 272 Å². The number of benzene rings is 1. The minimum absolute atomic E-state index is 0.0167. The topological polar surface area (TPSA) is 149 Å². The molecule has 1 aromatic carbocycles. The summed E-state index contributed by atoms with van der Waals surface area (Å²) in [6, 6.07) is 5.30. The second kappa shape index (κ2) is 12.1. The number of halogens is 11. The van der Waals surface area contributed by atoms with Gasteiger partial charge in [0.15, 0.2) is 11.4 Å². The first-order valence-electron chi connectivity index (χ1n) is 13.0. The van der Waals surface area contributed by atoms with Gasteiger partial charge < -0.3 is 8.92 Å². The Hall–Kier alpha value is -4.59. The lowest BCUT2D eigenvalue weighted by Crippen LogP contribution is -2.60. The first-order chi connectivity index (χ1) is 22.4. The molecule has 1 saturated carbocycles. The van der Waals surface area contributed by atoms with E-state index in [2.05, 4.69) is 14.4 Å². The van der Waals surface area contributed by atoms with Gasteiger partial charge >= 0.3 is 39.7 Å². The number of carbonyl (C=O) groups excluding carboxylic acids is 2. The SMILES string of the molecule is CCOC(=O)N(C(=O)c1cc(-c2cnn(-c3c(C(F)(F)F)c(OS(=O)(=O)C(F)(C(F)(F)F)C(F)(F)F)nn3C)c2)ccc1Cl)C1(C#N)CC1. The van der Waals surface area contributed by atoms with Crippen molar-refractivity contribution < 1.29 is 70.8 Å². The average Bonchev–Trinajstić information content (AvgIpc) is 3.45. The largest absolute Gasteiger partial charge is 0.450 e. The summed E-state index contributed by atoms with van der Waals surface area (Å²) in [6.45, 7) is 1.28.